The van der Waals surface area contributed by atoms with Crippen molar-refractivity contribution in [3.05, 3.63) is 51.7 Å². The molecule has 0 aliphatic carbocycles. The molecule has 1 saturated heterocycles. The van der Waals surface area contributed by atoms with E-state index in [4.69, 9.17) is 4.74 Å². The van der Waals surface area contributed by atoms with Crippen LogP contribution in [0.3, 0.4) is 0 Å². The number of amides is 3. The zero-order valence-corrected chi connectivity index (χ0v) is 17.6. The molecule has 166 valence electrons. The highest BCUT2D eigenvalue weighted by Gasteiger charge is 2.43. The molecule has 1 fully saturated rings. The SMILES string of the molecule is CC(C)/C=C1\NC(=O)[C@H](C(C)(C)OC(=O)CNC(=O)c2ccc([N+](=O)[O-])cc2)NC1=O. The molecular weight excluding hydrogens is 408 g/mol. The molecule has 0 aromatic heterocycles. The Kier molecular flexibility index (Phi) is 7.11. The lowest BCUT2D eigenvalue weighted by Gasteiger charge is -2.36. The fraction of sp³-hybridized carbons (Fsp3) is 0.400. The first-order valence-electron chi connectivity index (χ1n) is 9.48. The summed E-state index contributed by atoms with van der Waals surface area (Å²) in [7, 11) is 0. The van der Waals surface area contributed by atoms with Crippen LogP contribution in [0.4, 0.5) is 5.69 Å². The van der Waals surface area contributed by atoms with Crippen LogP contribution in [0.1, 0.15) is 38.1 Å². The number of nitrogens with zero attached hydrogens (tertiary/aromatic N) is 1. The molecule has 1 heterocycles. The van der Waals surface area contributed by atoms with E-state index in [-0.39, 0.29) is 22.9 Å². The molecule has 1 aromatic rings. The summed E-state index contributed by atoms with van der Waals surface area (Å²) < 4.78 is 5.31. The van der Waals surface area contributed by atoms with Gasteiger partial charge in [0, 0.05) is 17.7 Å². The van der Waals surface area contributed by atoms with Crippen LogP contribution in [-0.2, 0) is 19.1 Å². The van der Waals surface area contributed by atoms with Crippen LogP contribution in [0.25, 0.3) is 0 Å². The molecule has 3 amide bonds. The largest absolute Gasteiger partial charge is 0.456 e. The first-order chi connectivity index (χ1) is 14.4. The fourth-order valence-electron chi connectivity index (χ4n) is 2.85. The van der Waals surface area contributed by atoms with E-state index in [1.165, 1.54) is 38.1 Å². The van der Waals surface area contributed by atoms with Crippen molar-refractivity contribution >= 4 is 29.4 Å². The Balaban J connectivity index is 1.95. The monoisotopic (exact) mass is 432 g/mol. The fourth-order valence-corrected chi connectivity index (χ4v) is 2.85. The number of carbonyl (C=O) groups excluding carboxylic acids is 4. The van der Waals surface area contributed by atoms with E-state index in [1.807, 2.05) is 13.8 Å². The van der Waals surface area contributed by atoms with E-state index < -0.39 is 46.8 Å². The van der Waals surface area contributed by atoms with Crippen molar-refractivity contribution in [2.24, 2.45) is 5.92 Å². The van der Waals surface area contributed by atoms with Crippen LogP contribution >= 0.6 is 0 Å². The van der Waals surface area contributed by atoms with Crippen molar-refractivity contribution in [3.63, 3.8) is 0 Å². The molecule has 0 radical (unpaired) electrons. The second-order valence-electron chi connectivity index (χ2n) is 7.78. The van der Waals surface area contributed by atoms with Crippen LogP contribution in [-0.4, -0.2) is 46.8 Å². The normalized spacial score (nSPS) is 17.7. The summed E-state index contributed by atoms with van der Waals surface area (Å²) in [6.07, 6.45) is 1.61. The number of nitro benzene ring substituents is 1. The minimum absolute atomic E-state index is 0.0443. The predicted molar refractivity (Wildman–Crippen MR) is 109 cm³/mol. The Morgan fingerprint density at radius 1 is 1.26 bits per heavy atom. The molecule has 0 bridgehead atoms. The minimum atomic E-state index is -1.39. The number of esters is 1. The van der Waals surface area contributed by atoms with Crippen LogP contribution in [0.5, 0.6) is 0 Å². The number of benzene rings is 1. The summed E-state index contributed by atoms with van der Waals surface area (Å²) in [5.41, 5.74) is -1.30. The van der Waals surface area contributed by atoms with Crippen molar-refractivity contribution in [2.75, 3.05) is 6.54 Å². The molecule has 3 N–H and O–H groups in total. The molecular formula is C20H24N4O7. The molecule has 11 heteroatoms. The Labute approximate surface area is 178 Å². The molecule has 0 spiro atoms. The summed E-state index contributed by atoms with van der Waals surface area (Å²) in [5, 5.41) is 18.0. The van der Waals surface area contributed by atoms with Gasteiger partial charge in [0.1, 0.15) is 23.9 Å². The maximum absolute atomic E-state index is 12.4. The smallest absolute Gasteiger partial charge is 0.326 e. The van der Waals surface area contributed by atoms with Crippen molar-refractivity contribution in [2.45, 2.75) is 39.3 Å². The van der Waals surface area contributed by atoms with Crippen LogP contribution < -0.4 is 16.0 Å². The number of nitrogens with one attached hydrogen (secondary N) is 3. The molecule has 31 heavy (non-hydrogen) atoms. The molecule has 0 saturated carbocycles. The molecule has 11 nitrogen and oxygen atoms in total. The maximum atomic E-state index is 12.4. The van der Waals surface area contributed by atoms with Crippen LogP contribution in [0, 0.1) is 16.0 Å². The minimum Gasteiger partial charge on any atom is -0.456 e. The lowest BCUT2D eigenvalue weighted by Crippen LogP contribution is -2.64. The Morgan fingerprint density at radius 2 is 1.87 bits per heavy atom. The highest BCUT2D eigenvalue weighted by Crippen LogP contribution is 2.19. The average molecular weight is 432 g/mol. The molecule has 0 unspecified atom stereocenters. The van der Waals surface area contributed by atoms with Crippen LogP contribution in [0.15, 0.2) is 36.0 Å². The summed E-state index contributed by atoms with van der Waals surface area (Å²) in [4.78, 5) is 59.0. The maximum Gasteiger partial charge on any atom is 0.326 e. The van der Waals surface area contributed by atoms with Crippen molar-refractivity contribution in [1.29, 1.82) is 0 Å². The van der Waals surface area contributed by atoms with Gasteiger partial charge < -0.3 is 20.7 Å². The number of non-ortho nitro benzene ring substituents is 1. The quantitative estimate of drug-likeness (QED) is 0.249. The Bertz CT molecular complexity index is 935. The Hall–Kier alpha value is -3.76. The van der Waals surface area contributed by atoms with E-state index in [9.17, 15) is 29.3 Å². The van der Waals surface area contributed by atoms with E-state index >= 15 is 0 Å². The predicted octanol–water partition coefficient (Wildman–Crippen LogP) is 0.801. The molecule has 1 aliphatic rings. The zero-order chi connectivity index (χ0) is 23.3. The summed E-state index contributed by atoms with van der Waals surface area (Å²) in [5.74, 6) is -2.43. The standard InChI is InChI=1S/C20H24N4O7/c1-11(2)9-14-18(27)23-16(19(28)22-14)20(3,4)31-15(25)10-21-17(26)12-5-7-13(8-6-12)24(29)30/h5-9,11,16H,10H2,1-4H3,(H,21,26)(H,22,28)(H,23,27)/b14-9-/t16-/m1/s1. The number of nitro groups is 1. The third-order valence-electron chi connectivity index (χ3n) is 4.35. The van der Waals surface area contributed by atoms with E-state index in [0.29, 0.717) is 0 Å². The Morgan fingerprint density at radius 3 is 2.42 bits per heavy atom. The number of rotatable bonds is 7. The number of hydrogen-bond acceptors (Lipinski definition) is 7. The van der Waals surface area contributed by atoms with Gasteiger partial charge in [-0.3, -0.25) is 29.3 Å². The third-order valence-corrected chi connectivity index (χ3v) is 4.35. The summed E-state index contributed by atoms with van der Waals surface area (Å²) in [6, 6.07) is 3.73. The first kappa shape index (κ1) is 23.5. The van der Waals surface area contributed by atoms with E-state index in [0.717, 1.165) is 0 Å². The van der Waals surface area contributed by atoms with Crippen LogP contribution in [0.2, 0.25) is 0 Å². The van der Waals surface area contributed by atoms with Gasteiger partial charge >= 0.3 is 5.97 Å². The number of piperazine rings is 1. The molecule has 1 atom stereocenters. The number of allylic oxidation sites excluding steroid dienone is 1. The van der Waals surface area contributed by atoms with Gasteiger partial charge in [0.15, 0.2) is 0 Å². The van der Waals surface area contributed by atoms with Gasteiger partial charge in [-0.2, -0.15) is 0 Å². The van der Waals surface area contributed by atoms with Gasteiger partial charge in [-0.1, -0.05) is 19.9 Å². The van der Waals surface area contributed by atoms with E-state index in [2.05, 4.69) is 16.0 Å². The van der Waals surface area contributed by atoms with Crippen molar-refractivity contribution < 1.29 is 28.8 Å². The first-order valence-corrected chi connectivity index (χ1v) is 9.48. The lowest BCUT2D eigenvalue weighted by atomic mass is 9.95. The average Bonchev–Trinajstić information content (AvgIpc) is 2.67. The molecule has 2 rings (SSSR count). The zero-order valence-electron chi connectivity index (χ0n) is 17.6. The van der Waals surface area contributed by atoms with Gasteiger partial charge in [0.25, 0.3) is 23.4 Å². The highest BCUT2D eigenvalue weighted by atomic mass is 16.6. The second-order valence-corrected chi connectivity index (χ2v) is 7.78. The van der Waals surface area contributed by atoms with Gasteiger partial charge in [-0.15, -0.1) is 0 Å². The number of carbonyl (C=O) groups is 4. The van der Waals surface area contributed by atoms with Gasteiger partial charge in [-0.25, -0.2) is 0 Å². The van der Waals surface area contributed by atoms with Gasteiger partial charge in [0.05, 0.1) is 4.92 Å². The third kappa shape index (κ3) is 6.11. The number of hydrogen-bond donors (Lipinski definition) is 3. The lowest BCUT2D eigenvalue weighted by molar-refractivity contribution is -0.384. The van der Waals surface area contributed by atoms with Gasteiger partial charge in [-0.05, 0) is 31.9 Å². The topological polar surface area (TPSA) is 157 Å². The van der Waals surface area contributed by atoms with E-state index in [1.54, 1.807) is 6.08 Å². The van der Waals surface area contributed by atoms with Crippen molar-refractivity contribution in [1.82, 2.24) is 16.0 Å². The molecule has 1 aliphatic heterocycles. The number of ether oxygens (including phenoxy) is 1. The highest BCUT2D eigenvalue weighted by molar-refractivity contribution is 6.05. The second kappa shape index (κ2) is 9.37. The van der Waals surface area contributed by atoms with Crippen molar-refractivity contribution in [3.8, 4) is 0 Å². The van der Waals surface area contributed by atoms with Gasteiger partial charge in [0.2, 0.25) is 0 Å². The molecule has 1 aromatic carbocycles. The summed E-state index contributed by atoms with van der Waals surface area (Å²) in [6.45, 7) is 6.14. The summed E-state index contributed by atoms with van der Waals surface area (Å²) >= 11 is 0.